The lowest BCUT2D eigenvalue weighted by Gasteiger charge is -2.20. The van der Waals surface area contributed by atoms with E-state index in [2.05, 4.69) is 5.10 Å². The van der Waals surface area contributed by atoms with Gasteiger partial charge in [0.1, 0.15) is 0 Å². The number of amides is 1. The van der Waals surface area contributed by atoms with E-state index in [4.69, 9.17) is 0 Å². The van der Waals surface area contributed by atoms with Gasteiger partial charge in [0.05, 0.1) is 28.2 Å². The molecule has 0 saturated heterocycles. The van der Waals surface area contributed by atoms with Crippen LogP contribution < -0.4 is 0 Å². The second-order valence-corrected chi connectivity index (χ2v) is 6.63. The molecule has 0 aliphatic carbocycles. The van der Waals surface area contributed by atoms with Crippen molar-refractivity contribution >= 4 is 11.7 Å². The van der Waals surface area contributed by atoms with Crippen LogP contribution >= 0.6 is 0 Å². The summed E-state index contributed by atoms with van der Waals surface area (Å²) in [5.41, 5.74) is 0.156. The van der Waals surface area contributed by atoms with Crippen LogP contribution in [0.1, 0.15) is 54.0 Å². The van der Waals surface area contributed by atoms with E-state index in [0.29, 0.717) is 24.5 Å². The molecule has 0 fully saturated rings. The zero-order valence-electron chi connectivity index (χ0n) is 16.4. The molecule has 1 aromatic carbocycles. The maximum Gasteiger partial charge on any atom is 0.416 e. The second kappa shape index (κ2) is 8.58. The van der Waals surface area contributed by atoms with Crippen molar-refractivity contribution in [3.8, 4) is 5.69 Å². The zero-order chi connectivity index (χ0) is 21.1. The van der Waals surface area contributed by atoms with Crippen molar-refractivity contribution < 1.29 is 22.8 Å². The van der Waals surface area contributed by atoms with E-state index in [9.17, 15) is 22.8 Å². The Morgan fingerprint density at radius 1 is 1.11 bits per heavy atom. The Morgan fingerprint density at radius 2 is 1.71 bits per heavy atom. The van der Waals surface area contributed by atoms with Crippen LogP contribution in [0.15, 0.2) is 24.3 Å². The SMILES string of the molecule is CCCN(CCC)C(=O)C(=O)c1c(C)nn(-c2cccc(C(F)(F)F)c2)c1C. The number of aromatic nitrogens is 2. The fourth-order valence-corrected chi connectivity index (χ4v) is 3.14. The topological polar surface area (TPSA) is 55.2 Å². The predicted octanol–water partition coefficient (Wildman–Crippen LogP) is 4.34. The molecule has 5 nitrogen and oxygen atoms in total. The number of benzene rings is 1. The molecule has 8 heteroatoms. The van der Waals surface area contributed by atoms with Crippen molar-refractivity contribution in [2.24, 2.45) is 0 Å². The average molecular weight is 395 g/mol. The average Bonchev–Trinajstić information content (AvgIpc) is 2.94. The number of nitrogens with zero attached hydrogens (tertiary/aromatic N) is 3. The highest BCUT2D eigenvalue weighted by Crippen LogP contribution is 2.31. The van der Waals surface area contributed by atoms with Crippen LogP contribution in [0.2, 0.25) is 0 Å². The highest BCUT2D eigenvalue weighted by Gasteiger charge is 2.32. The minimum Gasteiger partial charge on any atom is -0.336 e. The summed E-state index contributed by atoms with van der Waals surface area (Å²) in [7, 11) is 0. The summed E-state index contributed by atoms with van der Waals surface area (Å²) < 4.78 is 40.3. The van der Waals surface area contributed by atoms with E-state index >= 15 is 0 Å². The van der Waals surface area contributed by atoms with Gasteiger partial charge in [-0.05, 0) is 44.9 Å². The number of halogens is 3. The van der Waals surface area contributed by atoms with E-state index < -0.39 is 23.4 Å². The second-order valence-electron chi connectivity index (χ2n) is 6.63. The smallest absolute Gasteiger partial charge is 0.336 e. The molecular formula is C20H24F3N3O2. The molecule has 2 aromatic rings. The molecule has 1 amide bonds. The van der Waals surface area contributed by atoms with Crippen LogP contribution in [0.5, 0.6) is 0 Å². The van der Waals surface area contributed by atoms with Crippen molar-refractivity contribution in [2.75, 3.05) is 13.1 Å². The van der Waals surface area contributed by atoms with E-state index in [0.717, 1.165) is 25.0 Å². The van der Waals surface area contributed by atoms with Gasteiger partial charge in [-0.25, -0.2) is 4.68 Å². The third-order valence-corrected chi connectivity index (χ3v) is 4.40. The van der Waals surface area contributed by atoms with Crippen molar-refractivity contribution in [3.05, 3.63) is 46.8 Å². The molecule has 0 radical (unpaired) electrons. The molecule has 0 spiro atoms. The van der Waals surface area contributed by atoms with Gasteiger partial charge in [-0.1, -0.05) is 19.9 Å². The first-order valence-corrected chi connectivity index (χ1v) is 9.19. The molecule has 1 heterocycles. The molecule has 0 N–H and O–H groups in total. The zero-order valence-corrected chi connectivity index (χ0v) is 16.4. The summed E-state index contributed by atoms with van der Waals surface area (Å²) in [5, 5.41) is 4.22. The van der Waals surface area contributed by atoms with E-state index in [1.807, 2.05) is 13.8 Å². The highest BCUT2D eigenvalue weighted by atomic mass is 19.4. The molecule has 2 rings (SSSR count). The van der Waals surface area contributed by atoms with Crippen LogP contribution in [0.3, 0.4) is 0 Å². The van der Waals surface area contributed by atoms with Gasteiger partial charge in [0, 0.05) is 13.1 Å². The fourth-order valence-electron chi connectivity index (χ4n) is 3.14. The summed E-state index contributed by atoms with van der Waals surface area (Å²) in [5.74, 6) is -1.30. The summed E-state index contributed by atoms with van der Waals surface area (Å²) in [6.07, 6.45) is -3.04. The van der Waals surface area contributed by atoms with Gasteiger partial charge in [-0.2, -0.15) is 18.3 Å². The lowest BCUT2D eigenvalue weighted by atomic mass is 10.1. The molecule has 1 aromatic heterocycles. The summed E-state index contributed by atoms with van der Waals surface area (Å²) in [6.45, 7) is 7.92. The first-order valence-electron chi connectivity index (χ1n) is 9.19. The lowest BCUT2D eigenvalue weighted by molar-refractivity contribution is -0.137. The Bertz CT molecular complexity index is 866. The van der Waals surface area contributed by atoms with Gasteiger partial charge in [-0.3, -0.25) is 9.59 Å². The maximum absolute atomic E-state index is 13.0. The number of carbonyl (C=O) groups is 2. The van der Waals surface area contributed by atoms with Crippen molar-refractivity contribution in [3.63, 3.8) is 0 Å². The number of alkyl halides is 3. The molecule has 0 unspecified atom stereocenters. The van der Waals surface area contributed by atoms with Gasteiger partial charge in [-0.15, -0.1) is 0 Å². The molecule has 0 aliphatic heterocycles. The monoisotopic (exact) mass is 395 g/mol. The molecule has 0 saturated carbocycles. The number of hydrogen-bond acceptors (Lipinski definition) is 3. The Kier molecular flexibility index (Phi) is 6.64. The Labute approximate surface area is 162 Å². The van der Waals surface area contributed by atoms with Crippen LogP contribution in [-0.2, 0) is 11.0 Å². The number of ketones is 1. The fraction of sp³-hybridized carbons (Fsp3) is 0.450. The van der Waals surface area contributed by atoms with E-state index in [1.165, 1.54) is 21.7 Å². The molecule has 0 aliphatic rings. The minimum atomic E-state index is -4.48. The Morgan fingerprint density at radius 3 is 2.25 bits per heavy atom. The molecular weight excluding hydrogens is 371 g/mol. The Hall–Kier alpha value is -2.64. The van der Waals surface area contributed by atoms with Gasteiger partial charge in [0.2, 0.25) is 0 Å². The number of aryl methyl sites for hydroxylation is 1. The summed E-state index contributed by atoms with van der Waals surface area (Å²) >= 11 is 0. The number of Topliss-reactive ketones (excluding diaryl/α,β-unsaturated/α-hetero) is 1. The highest BCUT2D eigenvalue weighted by molar-refractivity contribution is 6.43. The molecule has 28 heavy (non-hydrogen) atoms. The standard InChI is InChI=1S/C20H24F3N3O2/c1-5-10-25(11-6-2)19(28)18(27)17-13(3)24-26(14(17)4)16-9-7-8-15(12-16)20(21,22)23/h7-9,12H,5-6,10-11H2,1-4H3. The first kappa shape index (κ1) is 21.7. The predicted molar refractivity (Wildman–Crippen MR) is 99.5 cm³/mol. The number of carbonyl (C=O) groups excluding carboxylic acids is 2. The molecule has 152 valence electrons. The first-order chi connectivity index (χ1) is 13.1. The van der Waals surface area contributed by atoms with Gasteiger partial charge < -0.3 is 4.90 Å². The molecule has 0 bridgehead atoms. The maximum atomic E-state index is 13.0. The quantitative estimate of drug-likeness (QED) is 0.518. The third kappa shape index (κ3) is 4.43. The van der Waals surface area contributed by atoms with E-state index in [1.54, 1.807) is 13.8 Å². The Balaban J connectivity index is 2.44. The van der Waals surface area contributed by atoms with Crippen LogP contribution in [-0.4, -0.2) is 39.5 Å². The third-order valence-electron chi connectivity index (χ3n) is 4.40. The van der Waals surface area contributed by atoms with Crippen molar-refractivity contribution in [1.29, 1.82) is 0 Å². The van der Waals surface area contributed by atoms with Crippen LogP contribution in [0.25, 0.3) is 5.69 Å². The number of rotatable bonds is 7. The largest absolute Gasteiger partial charge is 0.416 e. The summed E-state index contributed by atoms with van der Waals surface area (Å²) in [4.78, 5) is 27.0. The van der Waals surface area contributed by atoms with Crippen LogP contribution in [0, 0.1) is 13.8 Å². The normalized spacial score (nSPS) is 11.5. The van der Waals surface area contributed by atoms with Crippen LogP contribution in [0.4, 0.5) is 13.2 Å². The lowest BCUT2D eigenvalue weighted by Crippen LogP contribution is -2.38. The van der Waals surface area contributed by atoms with Gasteiger partial charge >= 0.3 is 6.18 Å². The van der Waals surface area contributed by atoms with Gasteiger partial charge in [0.15, 0.2) is 0 Å². The minimum absolute atomic E-state index is 0.139. The van der Waals surface area contributed by atoms with Gasteiger partial charge in [0.25, 0.3) is 11.7 Å². The van der Waals surface area contributed by atoms with E-state index in [-0.39, 0.29) is 11.3 Å². The number of hydrogen-bond donors (Lipinski definition) is 0. The molecule has 0 atom stereocenters. The van der Waals surface area contributed by atoms with Crippen molar-refractivity contribution in [2.45, 2.75) is 46.7 Å². The van der Waals surface area contributed by atoms with Crippen molar-refractivity contribution in [1.82, 2.24) is 14.7 Å². The summed E-state index contributed by atoms with van der Waals surface area (Å²) in [6, 6.07) is 4.70.